The Bertz CT molecular complexity index is 671. The molecule has 0 aromatic heterocycles. The lowest BCUT2D eigenvalue weighted by Gasteiger charge is -2.34. The summed E-state index contributed by atoms with van der Waals surface area (Å²) in [6.07, 6.45) is 3.69. The van der Waals surface area contributed by atoms with Gasteiger partial charge in [0.2, 0.25) is 10.0 Å². The van der Waals surface area contributed by atoms with Gasteiger partial charge in [-0.2, -0.15) is 4.31 Å². The largest absolute Gasteiger partial charge is 0.352 e. The van der Waals surface area contributed by atoms with Crippen LogP contribution in [0.15, 0.2) is 29.2 Å². The fraction of sp³-hybridized carbons (Fsp3) is 0.611. The van der Waals surface area contributed by atoms with E-state index in [9.17, 15) is 13.2 Å². The molecule has 134 valence electrons. The maximum atomic E-state index is 13.0. The van der Waals surface area contributed by atoms with Gasteiger partial charge in [0.1, 0.15) is 0 Å². The van der Waals surface area contributed by atoms with Crippen molar-refractivity contribution in [1.82, 2.24) is 9.62 Å². The first-order chi connectivity index (χ1) is 11.4. The van der Waals surface area contributed by atoms with Crippen LogP contribution in [0.5, 0.6) is 0 Å². The van der Waals surface area contributed by atoms with Gasteiger partial charge in [-0.3, -0.25) is 4.79 Å². The summed E-state index contributed by atoms with van der Waals surface area (Å²) in [5.41, 5.74) is 0.391. The Labute approximate surface area is 145 Å². The monoisotopic (exact) mass is 352 g/mol. The molecule has 2 rings (SSSR count). The first-order valence-corrected chi connectivity index (χ1v) is 10.2. The molecule has 24 heavy (non-hydrogen) atoms. The molecule has 1 heterocycles. The third-order valence-corrected chi connectivity index (χ3v) is 6.37. The lowest BCUT2D eigenvalue weighted by atomic mass is 10.0. The number of amides is 1. The summed E-state index contributed by atoms with van der Waals surface area (Å²) in [7, 11) is -3.56. The molecule has 1 aromatic rings. The molecule has 1 aliphatic rings. The fourth-order valence-corrected chi connectivity index (χ4v) is 4.84. The highest BCUT2D eigenvalue weighted by molar-refractivity contribution is 7.89. The van der Waals surface area contributed by atoms with Crippen molar-refractivity contribution >= 4 is 15.9 Å². The van der Waals surface area contributed by atoms with E-state index in [0.29, 0.717) is 24.6 Å². The lowest BCUT2D eigenvalue weighted by molar-refractivity contribution is 0.0949. The van der Waals surface area contributed by atoms with Crippen LogP contribution in [0.25, 0.3) is 0 Å². The first kappa shape index (κ1) is 18.9. The maximum absolute atomic E-state index is 13.0. The summed E-state index contributed by atoms with van der Waals surface area (Å²) >= 11 is 0. The smallest absolute Gasteiger partial charge is 0.251 e. The minimum atomic E-state index is -3.56. The molecule has 1 aromatic carbocycles. The summed E-state index contributed by atoms with van der Waals surface area (Å²) in [4.78, 5) is 12.4. The molecule has 1 N–H and O–H groups in total. The van der Waals surface area contributed by atoms with E-state index in [4.69, 9.17) is 0 Å². The molecule has 5 nitrogen and oxygen atoms in total. The molecule has 6 heteroatoms. The van der Waals surface area contributed by atoms with Crippen LogP contribution in [0.3, 0.4) is 0 Å². The molecule has 0 saturated carbocycles. The van der Waals surface area contributed by atoms with E-state index in [1.807, 2.05) is 20.8 Å². The van der Waals surface area contributed by atoms with E-state index in [1.54, 1.807) is 22.5 Å². The van der Waals surface area contributed by atoms with Gasteiger partial charge in [-0.25, -0.2) is 8.42 Å². The third-order valence-electron chi connectivity index (χ3n) is 4.42. The molecule has 1 fully saturated rings. The predicted molar refractivity (Wildman–Crippen MR) is 95.4 cm³/mol. The summed E-state index contributed by atoms with van der Waals surface area (Å²) < 4.78 is 27.6. The first-order valence-electron chi connectivity index (χ1n) is 8.76. The summed E-state index contributed by atoms with van der Waals surface area (Å²) in [5, 5.41) is 2.83. The third kappa shape index (κ3) is 4.36. The van der Waals surface area contributed by atoms with Gasteiger partial charge in [0.05, 0.1) is 4.90 Å². The highest BCUT2D eigenvalue weighted by Crippen LogP contribution is 2.27. The Hall–Kier alpha value is -1.40. The van der Waals surface area contributed by atoms with Gasteiger partial charge in [-0.1, -0.05) is 33.3 Å². The zero-order valence-electron chi connectivity index (χ0n) is 14.8. The molecule has 1 aliphatic heterocycles. The van der Waals surface area contributed by atoms with Crippen LogP contribution in [-0.4, -0.2) is 37.8 Å². The molecule has 1 saturated heterocycles. The molecular weight excluding hydrogens is 324 g/mol. The topological polar surface area (TPSA) is 66.5 Å². The number of hydrogen-bond acceptors (Lipinski definition) is 3. The van der Waals surface area contributed by atoms with Crippen LogP contribution in [-0.2, 0) is 10.0 Å². The molecule has 1 atom stereocenters. The second-order valence-electron chi connectivity index (χ2n) is 6.81. The quantitative estimate of drug-likeness (QED) is 0.856. The van der Waals surface area contributed by atoms with Crippen LogP contribution >= 0.6 is 0 Å². The summed E-state index contributed by atoms with van der Waals surface area (Å²) in [5.74, 6) is 0.117. The van der Waals surface area contributed by atoms with Crippen molar-refractivity contribution in [3.8, 4) is 0 Å². The molecular formula is C18H28N2O3S. The number of nitrogens with one attached hydrogen (secondary N) is 1. The average molecular weight is 353 g/mol. The van der Waals surface area contributed by atoms with E-state index in [0.717, 1.165) is 25.7 Å². The Morgan fingerprint density at radius 3 is 2.75 bits per heavy atom. The SMILES string of the molecule is CCC1CCCCN1S(=O)(=O)c1cccc(C(=O)NCC(C)C)c1. The van der Waals surface area contributed by atoms with Crippen molar-refractivity contribution in [3.63, 3.8) is 0 Å². The fourth-order valence-electron chi connectivity index (χ4n) is 3.03. The average Bonchev–Trinajstić information content (AvgIpc) is 2.59. The number of carbonyl (C=O) groups excluding carboxylic acids is 1. The predicted octanol–water partition coefficient (Wildman–Crippen LogP) is 3.03. The molecule has 0 bridgehead atoms. The van der Waals surface area contributed by atoms with E-state index in [1.165, 1.54) is 6.07 Å². The van der Waals surface area contributed by atoms with Crippen LogP contribution in [0.1, 0.15) is 56.8 Å². The number of carbonyl (C=O) groups is 1. The molecule has 0 spiro atoms. The van der Waals surface area contributed by atoms with Crippen molar-refractivity contribution in [2.75, 3.05) is 13.1 Å². The van der Waals surface area contributed by atoms with Crippen molar-refractivity contribution in [1.29, 1.82) is 0 Å². The highest BCUT2D eigenvalue weighted by Gasteiger charge is 2.32. The van der Waals surface area contributed by atoms with Crippen LogP contribution in [0, 0.1) is 5.92 Å². The molecule has 0 aliphatic carbocycles. The maximum Gasteiger partial charge on any atom is 0.251 e. The number of piperidine rings is 1. The van der Waals surface area contributed by atoms with E-state index in [-0.39, 0.29) is 16.8 Å². The lowest BCUT2D eigenvalue weighted by Crippen LogP contribution is -2.43. The standard InChI is InChI=1S/C18H28N2O3S/c1-4-16-9-5-6-11-20(16)24(22,23)17-10-7-8-15(12-17)18(21)19-13-14(2)3/h7-8,10,12,14,16H,4-6,9,11,13H2,1-3H3,(H,19,21). The zero-order valence-corrected chi connectivity index (χ0v) is 15.6. The van der Waals surface area contributed by atoms with Crippen molar-refractivity contribution in [2.24, 2.45) is 5.92 Å². The van der Waals surface area contributed by atoms with Crippen LogP contribution in [0.2, 0.25) is 0 Å². The zero-order chi connectivity index (χ0) is 17.7. The van der Waals surface area contributed by atoms with E-state index >= 15 is 0 Å². The van der Waals surface area contributed by atoms with Gasteiger partial charge in [-0.15, -0.1) is 0 Å². The van der Waals surface area contributed by atoms with Crippen molar-refractivity contribution in [2.45, 2.75) is 57.4 Å². The van der Waals surface area contributed by atoms with Crippen LogP contribution in [0.4, 0.5) is 0 Å². The van der Waals surface area contributed by atoms with Gasteiger partial charge in [0.15, 0.2) is 0 Å². The minimum absolute atomic E-state index is 0.0576. The Kier molecular flexibility index (Phi) is 6.40. The van der Waals surface area contributed by atoms with Crippen molar-refractivity contribution in [3.05, 3.63) is 29.8 Å². The molecule has 1 unspecified atom stereocenters. The number of nitrogens with zero attached hydrogens (tertiary/aromatic N) is 1. The van der Waals surface area contributed by atoms with Crippen LogP contribution < -0.4 is 5.32 Å². The Balaban J connectivity index is 2.24. The van der Waals surface area contributed by atoms with E-state index < -0.39 is 10.0 Å². The normalized spacial score (nSPS) is 19.4. The Morgan fingerprint density at radius 2 is 2.08 bits per heavy atom. The molecule has 1 amide bonds. The number of hydrogen-bond donors (Lipinski definition) is 1. The summed E-state index contributed by atoms with van der Waals surface area (Å²) in [6, 6.07) is 6.43. The minimum Gasteiger partial charge on any atom is -0.352 e. The number of sulfonamides is 1. The Morgan fingerprint density at radius 1 is 1.33 bits per heavy atom. The molecule has 0 radical (unpaired) electrons. The number of benzene rings is 1. The van der Waals surface area contributed by atoms with Gasteiger partial charge < -0.3 is 5.32 Å². The van der Waals surface area contributed by atoms with Gasteiger partial charge in [-0.05, 0) is 43.4 Å². The number of rotatable bonds is 6. The second kappa shape index (κ2) is 8.12. The highest BCUT2D eigenvalue weighted by atomic mass is 32.2. The van der Waals surface area contributed by atoms with E-state index in [2.05, 4.69) is 5.32 Å². The van der Waals surface area contributed by atoms with Crippen molar-refractivity contribution < 1.29 is 13.2 Å². The van der Waals surface area contributed by atoms with Gasteiger partial charge in [0, 0.05) is 24.7 Å². The van der Waals surface area contributed by atoms with Gasteiger partial charge >= 0.3 is 0 Å². The van der Waals surface area contributed by atoms with Gasteiger partial charge in [0.25, 0.3) is 5.91 Å². The second-order valence-corrected chi connectivity index (χ2v) is 8.70. The summed E-state index contributed by atoms with van der Waals surface area (Å²) in [6.45, 7) is 7.18.